The van der Waals surface area contributed by atoms with E-state index in [1.54, 1.807) is 23.7 Å². The smallest absolute Gasteiger partial charge is 0.303 e. The number of anilines is 1. The molecule has 11 heteroatoms. The van der Waals surface area contributed by atoms with Crippen LogP contribution in [0, 0.1) is 10.1 Å². The minimum atomic E-state index is -0.479. The zero-order chi connectivity index (χ0) is 19.7. The monoisotopic (exact) mass is 371 g/mol. The SMILES string of the molecule is CCn1c(N/N=C/c2ccc([N+](=O)[O-])cc2)nc2c1c(=O)n(C)c(=O)n2C. The standard InChI is InChI=1S/C16H17N7O4/c1-4-22-12-13(20(2)16(25)21(3)14(12)24)18-15(22)19-17-9-10-5-7-11(8-6-10)23(26)27/h5-9H,4H2,1-3H3,(H,18,19)/b17-9+. The highest BCUT2D eigenvalue weighted by atomic mass is 16.6. The van der Waals surface area contributed by atoms with E-state index in [0.29, 0.717) is 23.6 Å². The molecule has 1 aromatic carbocycles. The molecule has 0 aliphatic heterocycles. The van der Waals surface area contributed by atoms with Gasteiger partial charge in [-0.3, -0.25) is 24.0 Å². The summed E-state index contributed by atoms with van der Waals surface area (Å²) in [5.74, 6) is 0.309. The lowest BCUT2D eigenvalue weighted by atomic mass is 10.2. The molecule has 0 atom stereocenters. The van der Waals surface area contributed by atoms with Crippen molar-refractivity contribution in [2.75, 3.05) is 5.43 Å². The zero-order valence-electron chi connectivity index (χ0n) is 14.9. The van der Waals surface area contributed by atoms with Gasteiger partial charge in [0, 0.05) is 32.8 Å². The third-order valence-corrected chi connectivity index (χ3v) is 4.15. The molecule has 3 rings (SSSR count). The van der Waals surface area contributed by atoms with Crippen LogP contribution in [0.3, 0.4) is 0 Å². The number of nitrogens with one attached hydrogen (secondary N) is 1. The fraction of sp³-hybridized carbons (Fsp3) is 0.250. The van der Waals surface area contributed by atoms with Crippen LogP contribution in [0.4, 0.5) is 11.6 Å². The van der Waals surface area contributed by atoms with Crippen molar-refractivity contribution in [1.29, 1.82) is 0 Å². The molecule has 0 bridgehead atoms. The zero-order valence-corrected chi connectivity index (χ0v) is 14.9. The van der Waals surface area contributed by atoms with Crippen LogP contribution >= 0.6 is 0 Å². The molecular weight excluding hydrogens is 354 g/mol. The van der Waals surface area contributed by atoms with Gasteiger partial charge in [-0.05, 0) is 24.6 Å². The van der Waals surface area contributed by atoms with Crippen molar-refractivity contribution in [1.82, 2.24) is 18.7 Å². The quantitative estimate of drug-likeness (QED) is 0.401. The number of benzene rings is 1. The Labute approximate surface area is 152 Å². The van der Waals surface area contributed by atoms with Gasteiger partial charge >= 0.3 is 5.69 Å². The molecule has 0 aliphatic carbocycles. The minimum Gasteiger partial charge on any atom is -0.303 e. The number of hydrogen-bond acceptors (Lipinski definition) is 7. The van der Waals surface area contributed by atoms with Gasteiger partial charge in [-0.15, -0.1) is 0 Å². The summed E-state index contributed by atoms with van der Waals surface area (Å²) in [7, 11) is 2.96. The molecule has 0 radical (unpaired) electrons. The van der Waals surface area contributed by atoms with Gasteiger partial charge in [0.1, 0.15) is 0 Å². The Morgan fingerprint density at radius 3 is 2.48 bits per heavy atom. The summed E-state index contributed by atoms with van der Waals surface area (Å²) < 4.78 is 3.96. The number of nitro groups is 1. The highest BCUT2D eigenvalue weighted by molar-refractivity contribution is 5.81. The Morgan fingerprint density at radius 2 is 1.89 bits per heavy atom. The molecule has 3 aromatic rings. The summed E-state index contributed by atoms with van der Waals surface area (Å²) in [6, 6.07) is 5.88. The highest BCUT2D eigenvalue weighted by Gasteiger charge is 2.17. The van der Waals surface area contributed by atoms with E-state index in [1.165, 1.54) is 30.0 Å². The van der Waals surface area contributed by atoms with Crippen molar-refractivity contribution in [3.05, 3.63) is 60.8 Å². The Bertz CT molecular complexity index is 1170. The molecule has 1 N–H and O–H groups in total. The Balaban J connectivity index is 1.96. The number of nitro benzene ring substituents is 1. The molecule has 0 amide bonds. The van der Waals surface area contributed by atoms with E-state index in [0.717, 1.165) is 4.57 Å². The van der Waals surface area contributed by atoms with Crippen LogP contribution in [0.2, 0.25) is 0 Å². The summed E-state index contributed by atoms with van der Waals surface area (Å²) in [6.07, 6.45) is 1.47. The van der Waals surface area contributed by atoms with Gasteiger partial charge in [0.15, 0.2) is 11.2 Å². The van der Waals surface area contributed by atoms with E-state index in [-0.39, 0.29) is 11.3 Å². The van der Waals surface area contributed by atoms with E-state index in [1.807, 2.05) is 6.92 Å². The van der Waals surface area contributed by atoms with Gasteiger partial charge in [-0.1, -0.05) is 0 Å². The second kappa shape index (κ2) is 6.86. The molecule has 0 saturated carbocycles. The van der Waals surface area contributed by atoms with Crippen molar-refractivity contribution in [3.8, 4) is 0 Å². The van der Waals surface area contributed by atoms with Crippen LogP contribution in [0.25, 0.3) is 11.2 Å². The van der Waals surface area contributed by atoms with Crippen LogP contribution in [0.15, 0.2) is 39.0 Å². The third-order valence-electron chi connectivity index (χ3n) is 4.15. The fourth-order valence-corrected chi connectivity index (χ4v) is 2.69. The number of hydrazone groups is 1. The number of nitrogens with zero attached hydrogens (tertiary/aromatic N) is 6. The van der Waals surface area contributed by atoms with Crippen molar-refractivity contribution in [2.45, 2.75) is 13.5 Å². The van der Waals surface area contributed by atoms with Crippen LogP contribution in [-0.4, -0.2) is 29.8 Å². The van der Waals surface area contributed by atoms with Gasteiger partial charge in [-0.25, -0.2) is 10.2 Å². The first kappa shape index (κ1) is 18.0. The lowest BCUT2D eigenvalue weighted by Crippen LogP contribution is -2.37. The van der Waals surface area contributed by atoms with E-state index < -0.39 is 16.2 Å². The molecule has 2 heterocycles. The number of hydrogen-bond donors (Lipinski definition) is 1. The van der Waals surface area contributed by atoms with E-state index >= 15 is 0 Å². The molecule has 0 spiro atoms. The highest BCUT2D eigenvalue weighted by Crippen LogP contribution is 2.15. The van der Waals surface area contributed by atoms with E-state index in [2.05, 4.69) is 15.5 Å². The Morgan fingerprint density at radius 1 is 1.22 bits per heavy atom. The summed E-state index contributed by atoms with van der Waals surface area (Å²) in [6.45, 7) is 2.29. The number of aromatic nitrogens is 4. The minimum absolute atomic E-state index is 0.00959. The molecule has 0 saturated heterocycles. The summed E-state index contributed by atoms with van der Waals surface area (Å²) in [5.41, 5.74) is 3.06. The van der Waals surface area contributed by atoms with Crippen molar-refractivity contribution >= 4 is 29.0 Å². The number of imidazole rings is 1. The van der Waals surface area contributed by atoms with E-state index in [9.17, 15) is 19.7 Å². The molecule has 2 aromatic heterocycles. The van der Waals surface area contributed by atoms with Gasteiger partial charge in [0.25, 0.3) is 11.2 Å². The molecule has 140 valence electrons. The predicted octanol–water partition coefficient (Wildman–Crippen LogP) is 0.808. The maximum Gasteiger partial charge on any atom is 0.332 e. The molecule has 0 fully saturated rings. The molecule has 0 unspecified atom stereocenters. The van der Waals surface area contributed by atoms with E-state index in [4.69, 9.17) is 0 Å². The van der Waals surface area contributed by atoms with Gasteiger partial charge in [-0.2, -0.15) is 10.1 Å². The molecule has 11 nitrogen and oxygen atoms in total. The van der Waals surface area contributed by atoms with Gasteiger partial charge in [0.05, 0.1) is 11.1 Å². The summed E-state index contributed by atoms with van der Waals surface area (Å²) in [4.78, 5) is 39.0. The third kappa shape index (κ3) is 3.10. The van der Waals surface area contributed by atoms with Crippen LogP contribution in [-0.2, 0) is 20.6 Å². The Hall–Kier alpha value is -3.76. The fourth-order valence-electron chi connectivity index (χ4n) is 2.69. The largest absolute Gasteiger partial charge is 0.332 e. The normalized spacial score (nSPS) is 11.4. The first-order valence-electron chi connectivity index (χ1n) is 8.05. The lowest BCUT2D eigenvalue weighted by molar-refractivity contribution is -0.384. The maximum atomic E-state index is 12.4. The number of fused-ring (bicyclic) bond motifs is 1. The van der Waals surface area contributed by atoms with Crippen molar-refractivity contribution in [3.63, 3.8) is 0 Å². The summed E-state index contributed by atoms with van der Waals surface area (Å²) >= 11 is 0. The first-order valence-corrected chi connectivity index (χ1v) is 8.05. The van der Waals surface area contributed by atoms with Crippen molar-refractivity contribution < 1.29 is 4.92 Å². The number of rotatable bonds is 5. The topological polar surface area (TPSA) is 129 Å². The first-order chi connectivity index (χ1) is 12.8. The maximum absolute atomic E-state index is 12.4. The molecule has 27 heavy (non-hydrogen) atoms. The second-order valence-electron chi connectivity index (χ2n) is 5.78. The lowest BCUT2D eigenvalue weighted by Gasteiger charge is -2.05. The van der Waals surface area contributed by atoms with Crippen LogP contribution in [0.5, 0.6) is 0 Å². The average molecular weight is 371 g/mol. The van der Waals surface area contributed by atoms with Gasteiger partial charge in [0.2, 0.25) is 5.95 Å². The van der Waals surface area contributed by atoms with Crippen molar-refractivity contribution in [2.24, 2.45) is 19.2 Å². The average Bonchev–Trinajstić information content (AvgIpc) is 3.03. The number of non-ortho nitro benzene ring substituents is 1. The molecular formula is C16H17N7O4. The van der Waals surface area contributed by atoms with Crippen LogP contribution < -0.4 is 16.7 Å². The van der Waals surface area contributed by atoms with Gasteiger partial charge < -0.3 is 4.57 Å². The molecule has 0 aliphatic rings. The number of aryl methyl sites for hydroxylation is 2. The predicted molar refractivity (Wildman–Crippen MR) is 100 cm³/mol. The second-order valence-corrected chi connectivity index (χ2v) is 5.78. The van der Waals surface area contributed by atoms with Crippen LogP contribution in [0.1, 0.15) is 12.5 Å². The Kier molecular flexibility index (Phi) is 4.59. The summed E-state index contributed by atoms with van der Waals surface area (Å²) in [5, 5.41) is 14.7.